The maximum Gasteiger partial charge on any atom is 0.330 e. The Bertz CT molecular complexity index is 1970. The van der Waals surface area contributed by atoms with Crippen molar-refractivity contribution in [1.82, 2.24) is 15.2 Å². The van der Waals surface area contributed by atoms with Crippen LogP contribution in [-0.4, -0.2) is 53.5 Å². The first-order valence-electron chi connectivity index (χ1n) is 17.7. The molecule has 2 fully saturated rings. The van der Waals surface area contributed by atoms with Crippen LogP contribution in [0.5, 0.6) is 0 Å². The zero-order chi connectivity index (χ0) is 34.7. The molecule has 1 saturated carbocycles. The smallest absolute Gasteiger partial charge is 0.330 e. The van der Waals surface area contributed by atoms with E-state index < -0.39 is 11.5 Å². The number of carbonyl (C=O) groups excluding carboxylic acids is 4. The molecule has 0 radical (unpaired) electrons. The van der Waals surface area contributed by atoms with Gasteiger partial charge in [0.1, 0.15) is 12.1 Å². The molecule has 4 N–H and O–H groups in total. The first-order chi connectivity index (χ1) is 24.3. The fourth-order valence-electron chi connectivity index (χ4n) is 7.74. The Kier molecular flexibility index (Phi) is 9.54. The van der Waals surface area contributed by atoms with Gasteiger partial charge in [0.15, 0.2) is 0 Å². The van der Waals surface area contributed by atoms with Crippen LogP contribution in [-0.2, 0) is 25.7 Å². The van der Waals surface area contributed by atoms with Gasteiger partial charge in [0.05, 0.1) is 23.5 Å². The number of amides is 3. The van der Waals surface area contributed by atoms with Gasteiger partial charge in [-0.15, -0.1) is 0 Å². The van der Waals surface area contributed by atoms with Gasteiger partial charge in [-0.1, -0.05) is 55.7 Å². The molecule has 50 heavy (non-hydrogen) atoms. The predicted octanol–water partition coefficient (Wildman–Crippen LogP) is 6.38. The lowest BCUT2D eigenvalue weighted by atomic mass is 9.81. The molecule has 3 aromatic carbocycles. The standard InChI is InChI=1S/C40H43N5O5/c1-2-50-35(47)19-14-26-12-16-29(17-13-26)42-39(49)40(20-22-41-23-21-40)44-38(48)28-15-18-31-33(24-28)45-25-34(46)43-32-11-7-6-10-30(32)37(45)36(31)27-8-4-3-5-9-27/h6-7,10-19,24,27,41H,2-5,8-9,20-23,25H2,1H3,(H,42,49)(H,43,46)(H,44,48). The second-order valence-corrected chi connectivity index (χ2v) is 13.5. The molecule has 0 bridgehead atoms. The summed E-state index contributed by atoms with van der Waals surface area (Å²) >= 11 is 0. The highest BCUT2D eigenvalue weighted by Gasteiger charge is 2.41. The maximum atomic E-state index is 14.1. The number of nitrogens with one attached hydrogen (secondary N) is 4. The van der Waals surface area contributed by atoms with Gasteiger partial charge >= 0.3 is 5.97 Å². The molecule has 10 heteroatoms. The number of carbonyl (C=O) groups is 4. The molecular formula is C40H43N5O5. The monoisotopic (exact) mass is 673 g/mol. The van der Waals surface area contributed by atoms with E-state index >= 15 is 0 Å². The van der Waals surface area contributed by atoms with E-state index in [4.69, 9.17) is 4.74 Å². The summed E-state index contributed by atoms with van der Waals surface area (Å²) in [4.78, 5) is 52.9. The van der Waals surface area contributed by atoms with Crippen molar-refractivity contribution >= 4 is 52.0 Å². The average molecular weight is 674 g/mol. The number of rotatable bonds is 8. The number of piperidine rings is 1. The highest BCUT2D eigenvalue weighted by atomic mass is 16.5. The van der Waals surface area contributed by atoms with E-state index in [9.17, 15) is 19.2 Å². The lowest BCUT2D eigenvalue weighted by molar-refractivity contribution is -0.137. The van der Waals surface area contributed by atoms with Gasteiger partial charge in [0.25, 0.3) is 5.91 Å². The number of ether oxygens (including phenoxy) is 1. The van der Waals surface area contributed by atoms with Crippen LogP contribution in [0, 0.1) is 0 Å². The lowest BCUT2D eigenvalue weighted by Crippen LogP contribution is -2.61. The zero-order valence-corrected chi connectivity index (χ0v) is 28.3. The highest BCUT2D eigenvalue weighted by molar-refractivity contribution is 6.07. The zero-order valence-electron chi connectivity index (χ0n) is 28.3. The van der Waals surface area contributed by atoms with Gasteiger partial charge in [0.2, 0.25) is 11.8 Å². The molecular weight excluding hydrogens is 630 g/mol. The van der Waals surface area contributed by atoms with E-state index in [-0.39, 0.29) is 24.3 Å². The number of nitrogens with zero attached hydrogens (tertiary/aromatic N) is 1. The van der Waals surface area contributed by atoms with Crippen LogP contribution in [0.1, 0.15) is 79.3 Å². The second-order valence-electron chi connectivity index (χ2n) is 13.5. The minimum Gasteiger partial charge on any atom is -0.463 e. The normalized spacial score (nSPS) is 17.3. The van der Waals surface area contributed by atoms with Gasteiger partial charge in [-0.05, 0) is 99.1 Å². The van der Waals surface area contributed by atoms with E-state index in [1.165, 1.54) is 30.9 Å². The number of aromatic nitrogens is 1. The molecule has 3 amide bonds. The summed E-state index contributed by atoms with van der Waals surface area (Å²) in [5.41, 5.74) is 5.64. The minimum atomic E-state index is -1.12. The molecule has 258 valence electrons. The van der Waals surface area contributed by atoms with Gasteiger partial charge < -0.3 is 30.6 Å². The topological polar surface area (TPSA) is 131 Å². The van der Waals surface area contributed by atoms with Gasteiger partial charge in [-0.25, -0.2) is 4.79 Å². The quantitative estimate of drug-likeness (QED) is 0.127. The molecule has 2 aliphatic heterocycles. The molecule has 0 atom stereocenters. The van der Waals surface area contributed by atoms with Gasteiger partial charge in [-0.3, -0.25) is 14.4 Å². The molecule has 1 aromatic heterocycles. The van der Waals surface area contributed by atoms with Gasteiger partial charge in [0, 0.05) is 28.3 Å². The van der Waals surface area contributed by atoms with Crippen molar-refractivity contribution in [2.75, 3.05) is 30.3 Å². The third kappa shape index (κ3) is 6.67. The SMILES string of the molecule is CCOC(=O)C=Cc1ccc(NC(=O)C2(NC(=O)c3ccc4c(C5CCCCC5)c5n(c4c3)CC(=O)Nc3ccccc3-5)CCNCC2)cc1. The van der Waals surface area contributed by atoms with E-state index in [1.54, 1.807) is 37.3 Å². The van der Waals surface area contributed by atoms with Crippen LogP contribution in [0.3, 0.4) is 0 Å². The van der Waals surface area contributed by atoms with Crippen molar-refractivity contribution in [3.05, 3.63) is 89.5 Å². The molecule has 0 unspecified atom stereocenters. The molecule has 0 spiro atoms. The maximum absolute atomic E-state index is 14.1. The number of hydrogen-bond acceptors (Lipinski definition) is 6. The van der Waals surface area contributed by atoms with Crippen molar-refractivity contribution in [3.63, 3.8) is 0 Å². The fourth-order valence-corrected chi connectivity index (χ4v) is 7.74. The second kappa shape index (κ2) is 14.3. The Balaban J connectivity index is 1.19. The molecule has 4 aromatic rings. The van der Waals surface area contributed by atoms with Crippen LogP contribution in [0.15, 0.2) is 72.8 Å². The first-order valence-corrected chi connectivity index (χ1v) is 17.7. The molecule has 1 aliphatic carbocycles. The summed E-state index contributed by atoms with van der Waals surface area (Å²) in [6.07, 6.45) is 9.64. The van der Waals surface area contributed by atoms with Crippen LogP contribution >= 0.6 is 0 Å². The summed E-state index contributed by atoms with van der Waals surface area (Å²) in [6.45, 7) is 3.36. The summed E-state index contributed by atoms with van der Waals surface area (Å²) in [5, 5.41) is 13.6. The van der Waals surface area contributed by atoms with E-state index in [2.05, 4.69) is 31.9 Å². The molecule has 1 saturated heterocycles. The summed E-state index contributed by atoms with van der Waals surface area (Å²) in [5.74, 6) is -0.774. The number of hydrogen-bond donors (Lipinski definition) is 4. The Morgan fingerprint density at radius 2 is 1.74 bits per heavy atom. The Hall–Kier alpha value is -5.22. The van der Waals surface area contributed by atoms with Gasteiger partial charge in [-0.2, -0.15) is 0 Å². The number of para-hydroxylation sites is 1. The van der Waals surface area contributed by atoms with Crippen molar-refractivity contribution < 1.29 is 23.9 Å². The van der Waals surface area contributed by atoms with E-state index in [0.29, 0.717) is 49.7 Å². The molecule has 3 heterocycles. The molecule has 3 aliphatic rings. The van der Waals surface area contributed by atoms with Crippen molar-refractivity contribution in [1.29, 1.82) is 0 Å². The third-order valence-electron chi connectivity index (χ3n) is 10.2. The predicted molar refractivity (Wildman–Crippen MR) is 195 cm³/mol. The van der Waals surface area contributed by atoms with Crippen molar-refractivity contribution in [2.45, 2.75) is 69.9 Å². The fraction of sp³-hybridized carbons (Fsp3) is 0.350. The van der Waals surface area contributed by atoms with Crippen LogP contribution in [0.2, 0.25) is 0 Å². The Labute approximate surface area is 291 Å². The summed E-state index contributed by atoms with van der Waals surface area (Å²) in [7, 11) is 0. The largest absolute Gasteiger partial charge is 0.463 e. The summed E-state index contributed by atoms with van der Waals surface area (Å²) in [6, 6.07) is 20.9. The first kappa shape index (κ1) is 33.3. The average Bonchev–Trinajstić information content (AvgIpc) is 3.36. The third-order valence-corrected chi connectivity index (χ3v) is 10.2. The van der Waals surface area contributed by atoms with Crippen LogP contribution in [0.4, 0.5) is 11.4 Å². The molecule has 7 rings (SSSR count). The van der Waals surface area contributed by atoms with E-state index in [1.807, 2.05) is 36.4 Å². The number of esters is 1. The van der Waals surface area contributed by atoms with Crippen molar-refractivity contribution in [3.8, 4) is 11.3 Å². The number of fused-ring (bicyclic) bond motifs is 5. The Morgan fingerprint density at radius 1 is 0.980 bits per heavy atom. The van der Waals surface area contributed by atoms with E-state index in [0.717, 1.165) is 46.3 Å². The molecule has 10 nitrogen and oxygen atoms in total. The lowest BCUT2D eigenvalue weighted by Gasteiger charge is -2.37. The van der Waals surface area contributed by atoms with Crippen LogP contribution < -0.4 is 21.3 Å². The highest BCUT2D eigenvalue weighted by Crippen LogP contribution is 2.46. The number of anilines is 2. The van der Waals surface area contributed by atoms with Crippen LogP contribution in [0.25, 0.3) is 28.2 Å². The Morgan fingerprint density at radius 3 is 2.50 bits per heavy atom. The minimum absolute atomic E-state index is 0.105. The number of benzene rings is 3. The van der Waals surface area contributed by atoms with Crippen molar-refractivity contribution in [2.24, 2.45) is 0 Å². The summed E-state index contributed by atoms with van der Waals surface area (Å²) < 4.78 is 7.02.